The summed E-state index contributed by atoms with van der Waals surface area (Å²) in [7, 11) is 1.92. The predicted molar refractivity (Wildman–Crippen MR) is 152 cm³/mol. The Morgan fingerprint density at radius 3 is 2.66 bits per heavy atom. The van der Waals surface area contributed by atoms with E-state index in [4.69, 9.17) is 0 Å². The maximum Gasteiger partial charge on any atom is 0.325 e. The number of carbonyl (C=O) groups excluding carboxylic acids is 2. The molecule has 1 atom stereocenters. The molecule has 2 aliphatic carbocycles. The number of pyridine rings is 2. The van der Waals surface area contributed by atoms with E-state index >= 15 is 0 Å². The molecule has 1 saturated carbocycles. The van der Waals surface area contributed by atoms with Crippen LogP contribution in [-0.2, 0) is 27.8 Å². The summed E-state index contributed by atoms with van der Waals surface area (Å²) in [5, 5.41) is 2.93. The minimum Gasteiger partial charge on any atom is -0.310 e. The molecule has 0 bridgehead atoms. The molecule has 7 nitrogen and oxygen atoms in total. The fraction of sp³-hybridized carbons (Fsp3) is 0.364. The van der Waals surface area contributed by atoms with Crippen LogP contribution in [0.3, 0.4) is 0 Å². The lowest BCUT2D eigenvalue weighted by Gasteiger charge is -2.32. The third-order valence-corrected chi connectivity index (χ3v) is 9.42. The first kappa shape index (κ1) is 25.6. The van der Waals surface area contributed by atoms with Gasteiger partial charge in [-0.3, -0.25) is 19.5 Å². The Hall–Kier alpha value is -4.38. The van der Waals surface area contributed by atoms with Gasteiger partial charge in [0.2, 0.25) is 11.6 Å². The number of nitrogens with zero attached hydrogens (tertiary/aromatic N) is 4. The third-order valence-electron chi connectivity index (χ3n) is 9.42. The van der Waals surface area contributed by atoms with Crippen LogP contribution in [0, 0.1) is 17.7 Å². The number of aromatic nitrogens is 2. The molecule has 7 rings (SSSR count). The van der Waals surface area contributed by atoms with Crippen molar-refractivity contribution < 1.29 is 18.6 Å². The number of hydrogen-bond donors (Lipinski definition) is 1. The number of carbonyl (C=O) groups is 2. The standard InChI is InChI=1S/C33H30FN5O2/c1-38-28(24-11-4-5-13-26(24)34)30(40)39(33(38)14-6-2-3-7-15-33)17-9-10-22-18-23-19-32(20-27(23)36-21-22)25-12-8-16-35-29(25)37-31(32)41/h4-5,8,11-13,16,18,21H,2-3,6-7,14-15,17,19-20H2,1H3/p+1. The summed E-state index contributed by atoms with van der Waals surface area (Å²) in [6.45, 7) is 0.240. The maximum absolute atomic E-state index is 14.9. The highest BCUT2D eigenvalue weighted by Gasteiger charge is 2.57. The summed E-state index contributed by atoms with van der Waals surface area (Å²) in [4.78, 5) is 37.8. The maximum atomic E-state index is 14.9. The molecule has 2 spiro atoms. The quantitative estimate of drug-likeness (QED) is 0.388. The molecule has 3 aromatic rings. The average Bonchev–Trinajstić information content (AvgIpc) is 3.45. The van der Waals surface area contributed by atoms with Gasteiger partial charge >= 0.3 is 5.91 Å². The minimum absolute atomic E-state index is 0.0379. The van der Waals surface area contributed by atoms with Gasteiger partial charge in [-0.1, -0.05) is 42.9 Å². The van der Waals surface area contributed by atoms with Gasteiger partial charge in [0.15, 0.2) is 0 Å². The molecule has 0 saturated heterocycles. The largest absolute Gasteiger partial charge is 0.325 e. The number of fused-ring (bicyclic) bond motifs is 3. The van der Waals surface area contributed by atoms with Crippen LogP contribution in [-0.4, -0.2) is 56.2 Å². The van der Waals surface area contributed by atoms with Crippen molar-refractivity contribution in [2.24, 2.45) is 0 Å². The molecular formula is C33H31FN5O2+. The van der Waals surface area contributed by atoms with E-state index in [1.165, 1.54) is 6.07 Å². The molecule has 8 heteroatoms. The Labute approximate surface area is 238 Å². The average molecular weight is 549 g/mol. The second kappa shape index (κ2) is 9.62. The topological polar surface area (TPSA) is 78.2 Å². The molecule has 1 unspecified atom stereocenters. The summed E-state index contributed by atoms with van der Waals surface area (Å²) < 4.78 is 16.9. The highest BCUT2D eigenvalue weighted by Crippen LogP contribution is 2.46. The van der Waals surface area contributed by atoms with Gasteiger partial charge in [-0.05, 0) is 49.1 Å². The van der Waals surface area contributed by atoms with E-state index in [1.54, 1.807) is 30.6 Å². The summed E-state index contributed by atoms with van der Waals surface area (Å²) in [6, 6.07) is 12.3. The first-order chi connectivity index (χ1) is 19.9. The molecule has 2 amide bonds. The Bertz CT molecular complexity index is 1690. The molecule has 2 aromatic heterocycles. The normalized spacial score (nSPS) is 22.4. The number of hydrogen-bond acceptors (Lipinski definition) is 4. The zero-order valence-corrected chi connectivity index (χ0v) is 23.0. The second-order valence-electron chi connectivity index (χ2n) is 11.6. The van der Waals surface area contributed by atoms with Crippen LogP contribution in [0.15, 0.2) is 54.9 Å². The van der Waals surface area contributed by atoms with Crippen LogP contribution >= 0.6 is 0 Å². The van der Waals surface area contributed by atoms with Crippen molar-refractivity contribution in [3.8, 4) is 11.8 Å². The Morgan fingerprint density at radius 1 is 1.05 bits per heavy atom. The predicted octanol–water partition coefficient (Wildman–Crippen LogP) is 3.98. The molecule has 1 N–H and O–H groups in total. The van der Waals surface area contributed by atoms with Crippen LogP contribution in [0.25, 0.3) is 0 Å². The molecule has 4 heterocycles. The molecular weight excluding hydrogens is 517 g/mol. The number of nitrogens with one attached hydrogen (secondary N) is 1. The van der Waals surface area contributed by atoms with E-state index in [2.05, 4.69) is 27.1 Å². The van der Waals surface area contributed by atoms with E-state index in [9.17, 15) is 14.0 Å². The van der Waals surface area contributed by atoms with Gasteiger partial charge < -0.3 is 5.32 Å². The molecule has 2 aliphatic heterocycles. The van der Waals surface area contributed by atoms with Gasteiger partial charge in [-0.15, -0.1) is 0 Å². The van der Waals surface area contributed by atoms with E-state index in [0.717, 1.165) is 60.9 Å². The van der Waals surface area contributed by atoms with Gasteiger partial charge in [0.25, 0.3) is 5.71 Å². The molecule has 1 aromatic carbocycles. The van der Waals surface area contributed by atoms with Crippen molar-refractivity contribution in [3.05, 3.63) is 88.6 Å². The fourth-order valence-corrected chi connectivity index (χ4v) is 7.32. The van der Waals surface area contributed by atoms with Crippen LogP contribution in [0.1, 0.15) is 66.5 Å². The van der Waals surface area contributed by atoms with Crippen molar-refractivity contribution in [3.63, 3.8) is 0 Å². The first-order valence-corrected chi connectivity index (χ1v) is 14.3. The van der Waals surface area contributed by atoms with Crippen molar-refractivity contribution in [1.29, 1.82) is 0 Å². The van der Waals surface area contributed by atoms with Crippen molar-refractivity contribution in [2.45, 2.75) is 62.4 Å². The lowest BCUT2D eigenvalue weighted by atomic mass is 9.80. The van der Waals surface area contributed by atoms with Crippen LogP contribution in [0.2, 0.25) is 0 Å². The smallest absolute Gasteiger partial charge is 0.310 e. The zero-order chi connectivity index (χ0) is 28.2. The van der Waals surface area contributed by atoms with Gasteiger partial charge in [0, 0.05) is 48.5 Å². The third kappa shape index (κ3) is 3.90. The molecule has 4 aliphatic rings. The summed E-state index contributed by atoms with van der Waals surface area (Å²) in [6.07, 6.45) is 10.4. The number of rotatable bonds is 2. The van der Waals surface area contributed by atoms with Gasteiger partial charge in [0.1, 0.15) is 18.7 Å². The van der Waals surface area contributed by atoms with Crippen molar-refractivity contribution in [2.75, 3.05) is 18.9 Å². The number of halogens is 1. The van der Waals surface area contributed by atoms with Crippen LogP contribution in [0.5, 0.6) is 0 Å². The summed E-state index contributed by atoms with van der Waals surface area (Å²) in [5.41, 5.74) is 3.13. The Kier molecular flexibility index (Phi) is 6.00. The Morgan fingerprint density at radius 2 is 1.85 bits per heavy atom. The number of amides is 2. The molecule has 0 radical (unpaired) electrons. The summed E-state index contributed by atoms with van der Waals surface area (Å²) in [5.74, 6) is 6.49. The molecule has 41 heavy (non-hydrogen) atoms. The molecule has 206 valence electrons. The fourth-order valence-electron chi connectivity index (χ4n) is 7.32. The lowest BCUT2D eigenvalue weighted by molar-refractivity contribution is -0.601. The summed E-state index contributed by atoms with van der Waals surface area (Å²) >= 11 is 0. The zero-order valence-electron chi connectivity index (χ0n) is 23.0. The van der Waals surface area contributed by atoms with Crippen LogP contribution in [0.4, 0.5) is 10.2 Å². The van der Waals surface area contributed by atoms with E-state index in [-0.39, 0.29) is 18.4 Å². The van der Waals surface area contributed by atoms with Crippen molar-refractivity contribution in [1.82, 2.24) is 14.9 Å². The monoisotopic (exact) mass is 548 g/mol. The highest BCUT2D eigenvalue weighted by molar-refractivity contribution is 6.44. The van der Waals surface area contributed by atoms with Gasteiger partial charge in [0.05, 0.1) is 17.5 Å². The van der Waals surface area contributed by atoms with Gasteiger partial charge in [-0.25, -0.2) is 13.9 Å². The van der Waals surface area contributed by atoms with Crippen molar-refractivity contribution >= 4 is 23.3 Å². The van der Waals surface area contributed by atoms with Crippen LogP contribution < -0.4 is 5.32 Å². The van der Waals surface area contributed by atoms with E-state index < -0.39 is 16.9 Å². The van der Waals surface area contributed by atoms with E-state index in [0.29, 0.717) is 29.9 Å². The number of anilines is 1. The minimum atomic E-state index is -0.678. The SMILES string of the molecule is C[N+]1=C(c2ccccc2F)C(=O)N(CC#Cc2cnc3c(c2)CC2(C3)C(=O)Nc3ncccc32)C12CCCCCC2. The first-order valence-electron chi connectivity index (χ1n) is 14.3. The number of benzene rings is 1. The molecule has 1 fully saturated rings. The Balaban J connectivity index is 1.17. The second-order valence-corrected chi connectivity index (χ2v) is 11.6. The van der Waals surface area contributed by atoms with E-state index in [1.807, 2.05) is 34.7 Å². The highest BCUT2D eigenvalue weighted by atomic mass is 19.1. The lowest BCUT2D eigenvalue weighted by Crippen LogP contribution is -2.52. The van der Waals surface area contributed by atoms with Gasteiger partial charge in [-0.2, -0.15) is 0 Å².